The fourth-order valence-electron chi connectivity index (χ4n) is 4.17. The van der Waals surface area contributed by atoms with Gasteiger partial charge in [-0.15, -0.1) is 0 Å². The number of para-hydroxylation sites is 2. The minimum absolute atomic E-state index is 0.0526. The van der Waals surface area contributed by atoms with Crippen molar-refractivity contribution in [1.29, 1.82) is 0 Å². The van der Waals surface area contributed by atoms with Gasteiger partial charge in [-0.05, 0) is 31.5 Å². The zero-order chi connectivity index (χ0) is 24.8. The van der Waals surface area contributed by atoms with Crippen molar-refractivity contribution in [2.75, 3.05) is 36.5 Å². The van der Waals surface area contributed by atoms with Crippen LogP contribution in [0.2, 0.25) is 0 Å². The maximum absolute atomic E-state index is 13.5. The normalized spacial score (nSPS) is 12.4. The predicted octanol–water partition coefficient (Wildman–Crippen LogP) is 4.19. The number of anilines is 2. The number of esters is 1. The lowest BCUT2D eigenvalue weighted by molar-refractivity contribution is -0.117. The van der Waals surface area contributed by atoms with Gasteiger partial charge in [0.25, 0.3) is 0 Å². The van der Waals surface area contributed by atoms with Crippen molar-refractivity contribution in [3.8, 4) is 17.0 Å². The largest absolute Gasteiger partial charge is 0.492 e. The summed E-state index contributed by atoms with van der Waals surface area (Å²) < 4.78 is 24.4. The van der Waals surface area contributed by atoms with E-state index in [1.54, 1.807) is 42.2 Å². The number of nitrogens with one attached hydrogen (secondary N) is 1. The van der Waals surface area contributed by atoms with Crippen LogP contribution in [0, 0.1) is 0 Å². The fraction of sp³-hybridized carbons (Fsp3) is 0.308. The number of carbonyl (C=O) groups is 2. The molecule has 35 heavy (non-hydrogen) atoms. The SMILES string of the molecule is CCOC(=O)c1cccc(-c2cc(NCCN3C(=O)Cc4cccc(CF)c43)ncn2)c1OCC. The van der Waals surface area contributed by atoms with Gasteiger partial charge in [0.1, 0.15) is 30.1 Å². The maximum atomic E-state index is 13.5. The molecular weight excluding hydrogens is 451 g/mol. The molecule has 1 N–H and O–H groups in total. The summed E-state index contributed by atoms with van der Waals surface area (Å²) in [4.78, 5) is 35.2. The van der Waals surface area contributed by atoms with Crippen LogP contribution in [0.4, 0.5) is 15.9 Å². The Morgan fingerprint density at radius 1 is 1.14 bits per heavy atom. The van der Waals surface area contributed by atoms with Crippen LogP contribution >= 0.6 is 0 Å². The molecular formula is C26H27FN4O4. The summed E-state index contributed by atoms with van der Waals surface area (Å²) in [6.07, 6.45) is 1.69. The van der Waals surface area contributed by atoms with Crippen LogP contribution in [-0.4, -0.2) is 48.1 Å². The van der Waals surface area contributed by atoms with Gasteiger partial charge in [0.05, 0.1) is 31.0 Å². The number of amides is 1. The summed E-state index contributed by atoms with van der Waals surface area (Å²) in [7, 11) is 0. The molecule has 2 heterocycles. The Hall–Kier alpha value is -4.01. The number of rotatable bonds is 10. The number of nitrogens with zero attached hydrogens (tertiary/aromatic N) is 3. The molecule has 4 rings (SSSR count). The Morgan fingerprint density at radius 3 is 2.74 bits per heavy atom. The van der Waals surface area contributed by atoms with Gasteiger partial charge in [0, 0.05) is 30.3 Å². The zero-order valence-electron chi connectivity index (χ0n) is 19.7. The highest BCUT2D eigenvalue weighted by molar-refractivity contribution is 6.02. The number of hydrogen-bond acceptors (Lipinski definition) is 7. The van der Waals surface area contributed by atoms with Crippen molar-refractivity contribution in [3.63, 3.8) is 0 Å². The van der Waals surface area contributed by atoms with Crippen molar-refractivity contribution in [3.05, 3.63) is 65.5 Å². The Labute approximate surface area is 203 Å². The lowest BCUT2D eigenvalue weighted by atomic mass is 10.1. The number of fused-ring (bicyclic) bond motifs is 1. The standard InChI is InChI=1S/C26H27FN4O4/c1-3-34-25-19(9-6-10-20(25)26(33)35-4-2)21-14-22(30-16-29-21)28-11-12-31-23(32)13-17-7-5-8-18(15-27)24(17)31/h5-10,14,16H,3-4,11-13,15H2,1-2H3,(H,28,29,30). The molecule has 1 amide bonds. The van der Waals surface area contributed by atoms with Gasteiger partial charge in [0.2, 0.25) is 5.91 Å². The lowest BCUT2D eigenvalue weighted by Crippen LogP contribution is -2.32. The molecule has 1 aliphatic heterocycles. The van der Waals surface area contributed by atoms with Crippen molar-refractivity contribution in [2.45, 2.75) is 26.9 Å². The predicted molar refractivity (Wildman–Crippen MR) is 130 cm³/mol. The van der Waals surface area contributed by atoms with Gasteiger partial charge >= 0.3 is 5.97 Å². The van der Waals surface area contributed by atoms with Crippen molar-refractivity contribution in [2.24, 2.45) is 0 Å². The van der Waals surface area contributed by atoms with Gasteiger partial charge in [-0.1, -0.05) is 24.3 Å². The third-order valence-electron chi connectivity index (χ3n) is 5.64. The molecule has 0 saturated carbocycles. The molecule has 0 unspecified atom stereocenters. The summed E-state index contributed by atoms with van der Waals surface area (Å²) >= 11 is 0. The molecule has 0 fully saturated rings. The van der Waals surface area contributed by atoms with Crippen molar-refractivity contribution >= 4 is 23.4 Å². The molecule has 182 valence electrons. The van der Waals surface area contributed by atoms with Gasteiger partial charge in [-0.25, -0.2) is 19.2 Å². The highest BCUT2D eigenvalue weighted by Crippen LogP contribution is 2.34. The summed E-state index contributed by atoms with van der Waals surface area (Å²) in [6.45, 7) is 4.36. The Balaban J connectivity index is 1.52. The first-order chi connectivity index (χ1) is 17.1. The molecule has 1 aromatic heterocycles. The molecule has 9 heteroatoms. The number of benzene rings is 2. The van der Waals surface area contributed by atoms with Gasteiger partial charge in [-0.3, -0.25) is 4.79 Å². The number of hydrogen-bond donors (Lipinski definition) is 1. The monoisotopic (exact) mass is 478 g/mol. The number of ether oxygens (including phenoxy) is 2. The van der Waals surface area contributed by atoms with E-state index in [2.05, 4.69) is 15.3 Å². The molecule has 3 aromatic rings. The van der Waals surface area contributed by atoms with E-state index in [1.165, 1.54) is 6.33 Å². The first-order valence-electron chi connectivity index (χ1n) is 11.5. The van der Waals surface area contributed by atoms with Crippen LogP contribution in [0.15, 0.2) is 48.8 Å². The van der Waals surface area contributed by atoms with Crippen LogP contribution in [0.25, 0.3) is 11.3 Å². The molecule has 0 saturated heterocycles. The van der Waals surface area contributed by atoms with E-state index < -0.39 is 12.6 Å². The fourth-order valence-corrected chi connectivity index (χ4v) is 4.17. The van der Waals surface area contributed by atoms with E-state index in [0.717, 1.165) is 5.56 Å². The number of carbonyl (C=O) groups excluding carboxylic acids is 2. The molecule has 0 aliphatic carbocycles. The Kier molecular flexibility index (Phi) is 7.54. The molecule has 0 atom stereocenters. The second-order valence-corrected chi connectivity index (χ2v) is 7.83. The average molecular weight is 479 g/mol. The molecule has 1 aliphatic rings. The molecule has 0 radical (unpaired) electrons. The minimum atomic E-state index is -0.622. The number of halogens is 1. The van der Waals surface area contributed by atoms with Crippen LogP contribution in [0.1, 0.15) is 35.3 Å². The summed E-state index contributed by atoms with van der Waals surface area (Å²) in [5.41, 5.74) is 3.57. The van der Waals surface area contributed by atoms with E-state index in [1.807, 2.05) is 19.1 Å². The summed E-state index contributed by atoms with van der Waals surface area (Å²) in [5, 5.41) is 3.21. The minimum Gasteiger partial charge on any atom is -0.492 e. The lowest BCUT2D eigenvalue weighted by Gasteiger charge is -2.20. The van der Waals surface area contributed by atoms with Gasteiger partial charge in [0.15, 0.2) is 0 Å². The van der Waals surface area contributed by atoms with Crippen molar-refractivity contribution < 1.29 is 23.5 Å². The topological polar surface area (TPSA) is 93.7 Å². The van der Waals surface area contributed by atoms with E-state index in [-0.39, 0.29) is 18.9 Å². The Bertz CT molecular complexity index is 1230. The first-order valence-corrected chi connectivity index (χ1v) is 11.5. The highest BCUT2D eigenvalue weighted by Gasteiger charge is 2.29. The smallest absolute Gasteiger partial charge is 0.341 e. The highest BCUT2D eigenvalue weighted by atomic mass is 19.1. The molecule has 0 spiro atoms. The molecule has 2 aromatic carbocycles. The van der Waals surface area contributed by atoms with Crippen molar-refractivity contribution in [1.82, 2.24) is 9.97 Å². The van der Waals surface area contributed by atoms with Gasteiger partial charge < -0.3 is 19.7 Å². The average Bonchev–Trinajstić information content (AvgIpc) is 3.19. The quantitative estimate of drug-likeness (QED) is 0.437. The third kappa shape index (κ3) is 5.08. The zero-order valence-corrected chi connectivity index (χ0v) is 19.7. The van der Waals surface area contributed by atoms with Crippen LogP contribution < -0.4 is 15.0 Å². The number of alkyl halides is 1. The summed E-state index contributed by atoms with van der Waals surface area (Å²) in [5.74, 6) is 0.428. The van der Waals surface area contributed by atoms with Gasteiger partial charge in [-0.2, -0.15) is 0 Å². The van der Waals surface area contributed by atoms with Crippen LogP contribution in [0.5, 0.6) is 5.75 Å². The second-order valence-electron chi connectivity index (χ2n) is 7.83. The maximum Gasteiger partial charge on any atom is 0.341 e. The number of aromatic nitrogens is 2. The van der Waals surface area contributed by atoms with Crippen LogP contribution in [0.3, 0.4) is 0 Å². The molecule has 0 bridgehead atoms. The van der Waals surface area contributed by atoms with E-state index in [4.69, 9.17) is 9.47 Å². The third-order valence-corrected chi connectivity index (χ3v) is 5.64. The van der Waals surface area contributed by atoms with E-state index in [0.29, 0.717) is 59.3 Å². The molecule has 8 nitrogen and oxygen atoms in total. The Morgan fingerprint density at radius 2 is 1.97 bits per heavy atom. The van der Waals surface area contributed by atoms with E-state index in [9.17, 15) is 14.0 Å². The summed E-state index contributed by atoms with van der Waals surface area (Å²) in [6, 6.07) is 12.3. The first kappa shape index (κ1) is 24.1. The van der Waals surface area contributed by atoms with Crippen LogP contribution in [-0.2, 0) is 22.6 Å². The second kappa shape index (κ2) is 10.9. The van der Waals surface area contributed by atoms with E-state index >= 15 is 0 Å².